The van der Waals surface area contributed by atoms with Gasteiger partial charge in [0, 0.05) is 9.69 Å². The number of amidine groups is 1. The maximum Gasteiger partial charge on any atom is 0.276 e. The van der Waals surface area contributed by atoms with Crippen LogP contribution in [0.3, 0.4) is 0 Å². The van der Waals surface area contributed by atoms with Crippen molar-refractivity contribution < 1.29 is 4.79 Å². The summed E-state index contributed by atoms with van der Waals surface area (Å²) in [4.78, 5) is 17.8. The lowest BCUT2D eigenvalue weighted by molar-refractivity contribution is -0.116. The first-order valence-corrected chi connectivity index (χ1v) is 10.7. The summed E-state index contributed by atoms with van der Waals surface area (Å²) in [5.41, 5.74) is 2.80. The topological polar surface area (TPSA) is 57.1 Å². The van der Waals surface area contributed by atoms with Gasteiger partial charge in [-0.15, -0.1) is 5.10 Å². The SMILES string of the molecule is CSC1=NN2C(=c3cc(Br)ccc3=N[C@@H]2c2ccc(C(C)C)cc2)C(=O)N1. The molecule has 138 valence electrons. The first-order chi connectivity index (χ1) is 13.0. The fourth-order valence-corrected chi connectivity index (χ4v) is 3.94. The van der Waals surface area contributed by atoms with Crippen LogP contribution in [0.1, 0.15) is 37.1 Å². The minimum atomic E-state index is -0.372. The van der Waals surface area contributed by atoms with Gasteiger partial charge in [-0.2, -0.15) is 0 Å². The van der Waals surface area contributed by atoms with E-state index < -0.39 is 0 Å². The van der Waals surface area contributed by atoms with E-state index in [0.717, 1.165) is 20.6 Å². The number of halogens is 1. The van der Waals surface area contributed by atoms with Crippen molar-refractivity contribution in [1.29, 1.82) is 0 Å². The van der Waals surface area contributed by atoms with E-state index in [1.165, 1.54) is 17.3 Å². The largest absolute Gasteiger partial charge is 0.298 e. The number of amides is 1. The molecule has 2 aromatic carbocycles. The number of rotatable bonds is 2. The summed E-state index contributed by atoms with van der Waals surface area (Å²) in [6.07, 6.45) is 1.52. The number of nitrogens with zero attached hydrogens (tertiary/aromatic N) is 3. The quantitative estimate of drug-likeness (QED) is 0.777. The first-order valence-electron chi connectivity index (χ1n) is 8.68. The van der Waals surface area contributed by atoms with Crippen LogP contribution in [-0.2, 0) is 4.79 Å². The molecule has 0 aliphatic carbocycles. The number of benzene rings is 2. The number of carbonyl (C=O) groups is 1. The molecule has 2 aromatic rings. The Balaban J connectivity index is 1.92. The van der Waals surface area contributed by atoms with E-state index in [-0.39, 0.29) is 12.1 Å². The van der Waals surface area contributed by atoms with E-state index in [2.05, 4.69) is 64.5 Å². The minimum Gasteiger partial charge on any atom is -0.298 e. The van der Waals surface area contributed by atoms with Crippen molar-refractivity contribution in [2.45, 2.75) is 25.9 Å². The molecule has 1 amide bonds. The zero-order valence-corrected chi connectivity index (χ0v) is 17.6. The second-order valence-corrected chi connectivity index (χ2v) is 8.45. The van der Waals surface area contributed by atoms with Crippen molar-refractivity contribution >= 4 is 44.5 Å². The Kier molecular flexibility index (Phi) is 4.82. The van der Waals surface area contributed by atoms with Crippen LogP contribution in [0.15, 0.2) is 57.0 Å². The summed E-state index contributed by atoms with van der Waals surface area (Å²) >= 11 is 4.89. The standard InChI is InChI=1S/C20H19BrN4OS/c1-11(2)12-4-6-13(7-5-12)18-22-16-9-8-14(21)10-15(16)17-19(26)23-20(27-3)24-25(17)18/h4-11,18H,1-3H3,(H,23,24,26)/t18-/m0/s1. The van der Waals surface area contributed by atoms with E-state index in [4.69, 9.17) is 4.99 Å². The van der Waals surface area contributed by atoms with Gasteiger partial charge >= 0.3 is 0 Å². The summed E-state index contributed by atoms with van der Waals surface area (Å²) in [6.45, 7) is 4.34. The fraction of sp³-hybridized carbons (Fsp3) is 0.250. The van der Waals surface area contributed by atoms with E-state index in [9.17, 15) is 4.79 Å². The number of hydrogen-bond donors (Lipinski definition) is 1. The van der Waals surface area contributed by atoms with Crippen LogP contribution in [0, 0.1) is 0 Å². The van der Waals surface area contributed by atoms with Crippen LogP contribution < -0.4 is 15.9 Å². The number of thioether (sulfide) groups is 1. The lowest BCUT2D eigenvalue weighted by Crippen LogP contribution is -2.50. The predicted octanol–water partition coefficient (Wildman–Crippen LogP) is 3.08. The molecule has 0 fully saturated rings. The molecule has 2 aliphatic heterocycles. The molecule has 27 heavy (non-hydrogen) atoms. The average molecular weight is 443 g/mol. The predicted molar refractivity (Wildman–Crippen MR) is 113 cm³/mol. The zero-order chi connectivity index (χ0) is 19.1. The molecule has 1 atom stereocenters. The van der Waals surface area contributed by atoms with Crippen molar-refractivity contribution in [2.24, 2.45) is 10.1 Å². The van der Waals surface area contributed by atoms with Gasteiger partial charge in [-0.25, -0.2) is 5.01 Å². The highest BCUT2D eigenvalue weighted by molar-refractivity contribution is 9.10. The first kappa shape index (κ1) is 18.3. The highest BCUT2D eigenvalue weighted by Gasteiger charge is 2.34. The highest BCUT2D eigenvalue weighted by Crippen LogP contribution is 2.31. The zero-order valence-electron chi connectivity index (χ0n) is 15.2. The van der Waals surface area contributed by atoms with Crippen molar-refractivity contribution in [1.82, 2.24) is 10.3 Å². The number of carbonyl (C=O) groups excluding carboxylic acids is 1. The Hall–Kier alpha value is -2.12. The highest BCUT2D eigenvalue weighted by atomic mass is 79.9. The lowest BCUT2D eigenvalue weighted by Gasteiger charge is -2.34. The number of fused-ring (bicyclic) bond motifs is 2. The van der Waals surface area contributed by atoms with Gasteiger partial charge in [0.2, 0.25) is 0 Å². The number of nitrogens with one attached hydrogen (secondary N) is 1. The van der Waals surface area contributed by atoms with Gasteiger partial charge in [-0.1, -0.05) is 65.8 Å². The Morgan fingerprint density at radius 3 is 2.59 bits per heavy atom. The van der Waals surface area contributed by atoms with Gasteiger partial charge in [0.1, 0.15) is 5.70 Å². The maximum absolute atomic E-state index is 12.9. The van der Waals surface area contributed by atoms with Crippen molar-refractivity contribution in [3.05, 3.63) is 68.6 Å². The summed E-state index contributed by atoms with van der Waals surface area (Å²) in [6, 6.07) is 14.2. The van der Waals surface area contributed by atoms with E-state index >= 15 is 0 Å². The van der Waals surface area contributed by atoms with Crippen LogP contribution in [-0.4, -0.2) is 22.3 Å². The molecular weight excluding hydrogens is 424 g/mol. The van der Waals surface area contributed by atoms with Crippen LogP contribution in [0.25, 0.3) is 5.70 Å². The smallest absolute Gasteiger partial charge is 0.276 e. The third-order valence-electron chi connectivity index (χ3n) is 4.66. The Morgan fingerprint density at radius 1 is 1.19 bits per heavy atom. The van der Waals surface area contributed by atoms with E-state index in [1.54, 1.807) is 5.01 Å². The Labute approximate surface area is 170 Å². The molecule has 2 heterocycles. The Bertz CT molecular complexity index is 1060. The molecule has 2 aliphatic rings. The van der Waals surface area contributed by atoms with E-state index in [0.29, 0.717) is 16.8 Å². The molecule has 0 saturated carbocycles. The normalized spacial score (nSPS) is 18.5. The fourth-order valence-electron chi connectivity index (χ4n) is 3.21. The molecule has 0 unspecified atom stereocenters. The van der Waals surface area contributed by atoms with Crippen LogP contribution in [0.4, 0.5) is 0 Å². The molecule has 5 nitrogen and oxygen atoms in total. The molecule has 4 rings (SSSR count). The van der Waals surface area contributed by atoms with Crippen LogP contribution >= 0.6 is 27.7 Å². The van der Waals surface area contributed by atoms with E-state index in [1.807, 2.05) is 24.5 Å². The third kappa shape index (κ3) is 3.30. The van der Waals surface area contributed by atoms with Crippen molar-refractivity contribution in [3.63, 3.8) is 0 Å². The molecule has 0 saturated heterocycles. The van der Waals surface area contributed by atoms with Crippen LogP contribution in [0.5, 0.6) is 0 Å². The monoisotopic (exact) mass is 442 g/mol. The van der Waals surface area contributed by atoms with Crippen molar-refractivity contribution in [2.75, 3.05) is 6.26 Å². The van der Waals surface area contributed by atoms with Gasteiger partial charge in [-0.3, -0.25) is 15.1 Å². The van der Waals surface area contributed by atoms with Gasteiger partial charge in [-0.05, 0) is 41.5 Å². The summed E-state index contributed by atoms with van der Waals surface area (Å²) < 4.78 is 0.899. The molecule has 0 aromatic heterocycles. The second kappa shape index (κ2) is 7.13. The van der Waals surface area contributed by atoms with Crippen molar-refractivity contribution in [3.8, 4) is 0 Å². The summed E-state index contributed by atoms with van der Waals surface area (Å²) in [7, 11) is 0. The molecule has 0 spiro atoms. The molecule has 1 N–H and O–H groups in total. The molecular formula is C20H19BrN4OS. The molecule has 0 radical (unpaired) electrons. The van der Waals surface area contributed by atoms with Gasteiger partial charge < -0.3 is 0 Å². The number of hydrogen-bond acceptors (Lipinski definition) is 5. The van der Waals surface area contributed by atoms with Gasteiger partial charge in [0.05, 0.1) is 5.36 Å². The third-order valence-corrected chi connectivity index (χ3v) is 5.73. The molecule has 0 bridgehead atoms. The molecule has 7 heteroatoms. The summed E-state index contributed by atoms with van der Waals surface area (Å²) in [5.74, 6) is 0.303. The van der Waals surface area contributed by atoms with Crippen LogP contribution in [0.2, 0.25) is 0 Å². The number of hydrazone groups is 1. The Morgan fingerprint density at radius 2 is 1.93 bits per heavy atom. The van der Waals surface area contributed by atoms with Gasteiger partial charge in [0.15, 0.2) is 11.3 Å². The summed E-state index contributed by atoms with van der Waals surface area (Å²) in [5, 5.41) is 11.4. The second-order valence-electron chi connectivity index (χ2n) is 6.74. The average Bonchev–Trinajstić information content (AvgIpc) is 2.67. The lowest BCUT2D eigenvalue weighted by atomic mass is 10.0. The minimum absolute atomic E-state index is 0.160. The maximum atomic E-state index is 12.9. The van der Waals surface area contributed by atoms with Gasteiger partial charge in [0.25, 0.3) is 5.91 Å².